The first kappa shape index (κ1) is 18.9. The molecule has 2 aromatic rings. The number of methoxy groups -OCH3 is 1. The zero-order valence-electron chi connectivity index (χ0n) is 15.2. The van der Waals surface area contributed by atoms with Crippen LogP contribution in [0.3, 0.4) is 0 Å². The van der Waals surface area contributed by atoms with Gasteiger partial charge < -0.3 is 14.4 Å². The highest BCUT2D eigenvalue weighted by molar-refractivity contribution is 5.85. The van der Waals surface area contributed by atoms with E-state index in [1.807, 2.05) is 6.07 Å². The van der Waals surface area contributed by atoms with Crippen LogP contribution in [0.1, 0.15) is 30.1 Å². The molecule has 1 aliphatic heterocycles. The quantitative estimate of drug-likeness (QED) is 0.732. The minimum Gasteiger partial charge on any atom is -0.494 e. The van der Waals surface area contributed by atoms with Gasteiger partial charge in [0.2, 0.25) is 6.10 Å². The highest BCUT2D eigenvalue weighted by atomic mass is 19.1. The molecule has 0 unspecified atom stereocenters. The average molecular weight is 371 g/mol. The molecular weight excluding hydrogens is 349 g/mol. The Morgan fingerprint density at radius 3 is 2.44 bits per heavy atom. The van der Waals surface area contributed by atoms with E-state index in [1.54, 1.807) is 35.2 Å². The van der Waals surface area contributed by atoms with Gasteiger partial charge in [-0.1, -0.05) is 36.4 Å². The predicted octanol–water partition coefficient (Wildman–Crippen LogP) is 3.28. The van der Waals surface area contributed by atoms with Crippen LogP contribution in [0.15, 0.2) is 48.5 Å². The maximum atomic E-state index is 13.8. The number of benzene rings is 2. The molecular formula is C21H22FNO4. The summed E-state index contributed by atoms with van der Waals surface area (Å²) in [5, 5.41) is 0. The summed E-state index contributed by atoms with van der Waals surface area (Å²) >= 11 is 0. The maximum absolute atomic E-state index is 13.8. The summed E-state index contributed by atoms with van der Waals surface area (Å²) < 4.78 is 24.2. The lowest BCUT2D eigenvalue weighted by molar-refractivity contribution is -0.160. The van der Waals surface area contributed by atoms with Crippen molar-refractivity contribution in [2.75, 3.05) is 20.2 Å². The first-order chi connectivity index (χ1) is 13.1. The molecule has 6 heteroatoms. The summed E-state index contributed by atoms with van der Waals surface area (Å²) in [6.45, 7) is 1.34. The smallest absolute Gasteiger partial charge is 0.311 e. The number of ether oxygens (including phenoxy) is 2. The van der Waals surface area contributed by atoms with E-state index in [1.165, 1.54) is 19.2 Å². The monoisotopic (exact) mass is 371 g/mol. The lowest BCUT2D eigenvalue weighted by atomic mass is 10.1. The molecule has 1 fully saturated rings. The number of amides is 1. The molecule has 0 spiro atoms. The highest BCUT2D eigenvalue weighted by Crippen LogP contribution is 2.24. The Bertz CT molecular complexity index is 803. The molecule has 3 rings (SSSR count). The number of esters is 1. The molecule has 1 atom stereocenters. The zero-order chi connectivity index (χ0) is 19.2. The third-order valence-electron chi connectivity index (χ3n) is 4.56. The van der Waals surface area contributed by atoms with E-state index in [0.717, 1.165) is 12.8 Å². The molecule has 0 N–H and O–H groups in total. The summed E-state index contributed by atoms with van der Waals surface area (Å²) in [4.78, 5) is 27.0. The lowest BCUT2D eigenvalue weighted by Gasteiger charge is -2.23. The van der Waals surface area contributed by atoms with Gasteiger partial charge in [-0.2, -0.15) is 0 Å². The fourth-order valence-electron chi connectivity index (χ4n) is 3.15. The number of likely N-dealkylation sites (tertiary alicyclic amines) is 1. The molecule has 0 saturated carbocycles. The normalized spacial score (nSPS) is 14.7. The molecule has 1 heterocycles. The van der Waals surface area contributed by atoms with Crippen LogP contribution < -0.4 is 4.74 Å². The molecule has 2 aromatic carbocycles. The van der Waals surface area contributed by atoms with Crippen LogP contribution in [-0.4, -0.2) is 37.0 Å². The van der Waals surface area contributed by atoms with Gasteiger partial charge in [0.1, 0.15) is 0 Å². The molecule has 5 nitrogen and oxygen atoms in total. The molecule has 0 aliphatic carbocycles. The number of carbonyl (C=O) groups is 2. The molecule has 0 radical (unpaired) electrons. The molecule has 1 amide bonds. The second kappa shape index (κ2) is 8.66. The van der Waals surface area contributed by atoms with Gasteiger partial charge in [0, 0.05) is 18.7 Å². The van der Waals surface area contributed by atoms with Crippen molar-refractivity contribution in [2.24, 2.45) is 0 Å². The first-order valence-corrected chi connectivity index (χ1v) is 8.94. The van der Waals surface area contributed by atoms with Crippen molar-refractivity contribution in [1.82, 2.24) is 4.90 Å². The first-order valence-electron chi connectivity index (χ1n) is 8.94. The van der Waals surface area contributed by atoms with Crippen LogP contribution in [0.25, 0.3) is 0 Å². The Labute approximate surface area is 157 Å². The maximum Gasteiger partial charge on any atom is 0.311 e. The van der Waals surface area contributed by atoms with Crippen LogP contribution in [0.2, 0.25) is 0 Å². The molecule has 0 aromatic heterocycles. The molecule has 1 aliphatic rings. The number of carbonyl (C=O) groups excluding carboxylic acids is 2. The van der Waals surface area contributed by atoms with Crippen molar-refractivity contribution in [3.63, 3.8) is 0 Å². The summed E-state index contributed by atoms with van der Waals surface area (Å²) in [7, 11) is 1.38. The van der Waals surface area contributed by atoms with Crippen molar-refractivity contribution in [1.29, 1.82) is 0 Å². The van der Waals surface area contributed by atoms with Crippen LogP contribution >= 0.6 is 0 Å². The van der Waals surface area contributed by atoms with Crippen LogP contribution in [-0.2, 0) is 20.7 Å². The summed E-state index contributed by atoms with van der Waals surface area (Å²) in [5.74, 6) is -1.23. The Morgan fingerprint density at radius 2 is 1.81 bits per heavy atom. The lowest BCUT2D eigenvalue weighted by Crippen LogP contribution is -2.35. The Hall–Kier alpha value is -2.89. The Balaban J connectivity index is 1.74. The van der Waals surface area contributed by atoms with E-state index in [2.05, 4.69) is 0 Å². The van der Waals surface area contributed by atoms with Crippen molar-refractivity contribution in [2.45, 2.75) is 25.4 Å². The average Bonchev–Trinajstić information content (AvgIpc) is 3.21. The van der Waals surface area contributed by atoms with Gasteiger partial charge in [-0.15, -0.1) is 0 Å². The zero-order valence-corrected chi connectivity index (χ0v) is 15.2. The van der Waals surface area contributed by atoms with Gasteiger partial charge in [0.15, 0.2) is 11.6 Å². The largest absolute Gasteiger partial charge is 0.494 e. The Morgan fingerprint density at radius 1 is 1.11 bits per heavy atom. The fraction of sp³-hybridized carbons (Fsp3) is 0.333. The summed E-state index contributed by atoms with van der Waals surface area (Å²) in [6, 6.07) is 13.3. The molecule has 142 valence electrons. The number of hydrogen-bond donors (Lipinski definition) is 0. The predicted molar refractivity (Wildman–Crippen MR) is 97.7 cm³/mol. The van der Waals surface area contributed by atoms with Gasteiger partial charge >= 0.3 is 5.97 Å². The number of nitrogens with zero attached hydrogens (tertiary/aromatic N) is 1. The van der Waals surface area contributed by atoms with E-state index in [-0.39, 0.29) is 18.1 Å². The van der Waals surface area contributed by atoms with Gasteiger partial charge in [-0.25, -0.2) is 4.39 Å². The SMILES string of the molecule is COc1ccc(CC(=O)O[C@H](C(=O)N2CCCC2)c2ccccc2)cc1F. The van der Waals surface area contributed by atoms with E-state index in [9.17, 15) is 14.0 Å². The van der Waals surface area contributed by atoms with E-state index in [4.69, 9.17) is 9.47 Å². The van der Waals surface area contributed by atoms with Gasteiger partial charge in [-0.05, 0) is 30.5 Å². The van der Waals surface area contributed by atoms with E-state index >= 15 is 0 Å². The fourth-order valence-corrected chi connectivity index (χ4v) is 3.15. The van der Waals surface area contributed by atoms with Crippen molar-refractivity contribution in [3.8, 4) is 5.75 Å². The minimum atomic E-state index is -0.986. The van der Waals surface area contributed by atoms with Crippen LogP contribution in [0, 0.1) is 5.82 Å². The number of hydrogen-bond acceptors (Lipinski definition) is 4. The van der Waals surface area contributed by atoms with Crippen LogP contribution in [0.4, 0.5) is 4.39 Å². The van der Waals surface area contributed by atoms with Crippen molar-refractivity contribution >= 4 is 11.9 Å². The summed E-state index contributed by atoms with van der Waals surface area (Å²) in [6.07, 6.45) is 0.788. The third-order valence-corrected chi connectivity index (χ3v) is 4.56. The molecule has 0 bridgehead atoms. The summed E-state index contributed by atoms with van der Waals surface area (Å²) in [5.41, 5.74) is 1.09. The highest BCUT2D eigenvalue weighted by Gasteiger charge is 2.30. The molecule has 1 saturated heterocycles. The Kier molecular flexibility index (Phi) is 6.06. The van der Waals surface area contributed by atoms with Crippen molar-refractivity contribution < 1.29 is 23.5 Å². The van der Waals surface area contributed by atoms with Gasteiger partial charge in [0.05, 0.1) is 13.5 Å². The van der Waals surface area contributed by atoms with Crippen LogP contribution in [0.5, 0.6) is 5.75 Å². The molecule has 27 heavy (non-hydrogen) atoms. The number of halogens is 1. The van der Waals surface area contributed by atoms with Gasteiger partial charge in [0.25, 0.3) is 5.91 Å². The van der Waals surface area contributed by atoms with Crippen molar-refractivity contribution in [3.05, 3.63) is 65.5 Å². The topological polar surface area (TPSA) is 55.8 Å². The number of rotatable bonds is 6. The third kappa shape index (κ3) is 4.64. The van der Waals surface area contributed by atoms with E-state index in [0.29, 0.717) is 24.2 Å². The standard InChI is InChI=1S/C21H22FNO4/c1-26-18-10-9-15(13-17(18)22)14-19(24)27-20(16-7-3-2-4-8-16)21(25)23-11-5-6-12-23/h2-4,7-10,13,20H,5-6,11-12,14H2,1H3/t20-/m0/s1. The van der Waals surface area contributed by atoms with Gasteiger partial charge in [-0.3, -0.25) is 9.59 Å². The second-order valence-corrected chi connectivity index (χ2v) is 6.46. The second-order valence-electron chi connectivity index (χ2n) is 6.46. The minimum absolute atomic E-state index is 0.110. The van der Waals surface area contributed by atoms with E-state index < -0.39 is 17.9 Å².